The van der Waals surface area contributed by atoms with Crippen LogP contribution in [0.4, 0.5) is 10.5 Å². The van der Waals surface area contributed by atoms with Gasteiger partial charge in [-0.15, -0.1) is 0 Å². The summed E-state index contributed by atoms with van der Waals surface area (Å²) >= 11 is 0. The Morgan fingerprint density at radius 3 is 2.93 bits per heavy atom. The molecular weight excluding hydrogens is 192 g/mol. The molecule has 0 saturated carbocycles. The molecule has 0 radical (unpaired) electrons. The molecule has 15 heavy (non-hydrogen) atoms. The predicted octanol–water partition coefficient (Wildman–Crippen LogP) is 2.36. The van der Waals surface area contributed by atoms with Crippen LogP contribution in [0.25, 0.3) is 0 Å². The zero-order valence-electron chi connectivity index (χ0n) is 8.71. The standard InChI is InChI=1S/C11H14N2O2/c1-7-6-10(13-11(14)15)8-4-2-3-5-9(8)12-7/h6H,2-5H2,1H3,(H,12,13)(H,14,15). The van der Waals surface area contributed by atoms with Gasteiger partial charge in [0, 0.05) is 11.4 Å². The number of hydrogen-bond acceptors (Lipinski definition) is 2. The number of rotatable bonds is 1. The number of nitrogens with zero attached hydrogens (tertiary/aromatic N) is 1. The van der Waals surface area contributed by atoms with Gasteiger partial charge < -0.3 is 5.11 Å². The molecule has 0 bridgehead atoms. The highest BCUT2D eigenvalue weighted by atomic mass is 16.4. The maximum atomic E-state index is 10.6. The summed E-state index contributed by atoms with van der Waals surface area (Å²) in [5, 5.41) is 11.2. The Bertz CT molecular complexity index is 402. The Kier molecular flexibility index (Phi) is 2.58. The maximum absolute atomic E-state index is 10.6. The monoisotopic (exact) mass is 206 g/mol. The van der Waals surface area contributed by atoms with Gasteiger partial charge in [-0.3, -0.25) is 10.3 Å². The van der Waals surface area contributed by atoms with E-state index in [2.05, 4.69) is 10.3 Å². The molecule has 0 atom stereocenters. The smallest absolute Gasteiger partial charge is 0.409 e. The molecule has 0 aromatic carbocycles. The van der Waals surface area contributed by atoms with E-state index in [0.29, 0.717) is 5.69 Å². The van der Waals surface area contributed by atoms with Gasteiger partial charge in [-0.1, -0.05) is 0 Å². The van der Waals surface area contributed by atoms with Gasteiger partial charge in [-0.25, -0.2) is 4.79 Å². The number of pyridine rings is 1. The fraction of sp³-hybridized carbons (Fsp3) is 0.455. The average Bonchev–Trinajstić information content (AvgIpc) is 2.16. The molecule has 4 nitrogen and oxygen atoms in total. The third kappa shape index (κ3) is 2.09. The van der Waals surface area contributed by atoms with E-state index in [4.69, 9.17) is 5.11 Å². The van der Waals surface area contributed by atoms with E-state index >= 15 is 0 Å². The van der Waals surface area contributed by atoms with E-state index in [1.54, 1.807) is 6.07 Å². The van der Waals surface area contributed by atoms with Crippen molar-refractivity contribution in [1.82, 2.24) is 4.98 Å². The quantitative estimate of drug-likeness (QED) is 0.741. The molecule has 1 aliphatic carbocycles. The van der Waals surface area contributed by atoms with E-state index < -0.39 is 6.09 Å². The van der Waals surface area contributed by atoms with Crippen molar-refractivity contribution in [3.63, 3.8) is 0 Å². The van der Waals surface area contributed by atoms with Crippen molar-refractivity contribution in [3.8, 4) is 0 Å². The van der Waals surface area contributed by atoms with Gasteiger partial charge in [0.15, 0.2) is 0 Å². The van der Waals surface area contributed by atoms with Gasteiger partial charge in [0.05, 0.1) is 5.69 Å². The summed E-state index contributed by atoms with van der Waals surface area (Å²) in [6, 6.07) is 1.80. The largest absolute Gasteiger partial charge is 0.465 e. The van der Waals surface area contributed by atoms with Crippen LogP contribution in [0.5, 0.6) is 0 Å². The van der Waals surface area contributed by atoms with Crippen LogP contribution in [-0.4, -0.2) is 16.2 Å². The van der Waals surface area contributed by atoms with E-state index in [1.807, 2.05) is 6.92 Å². The van der Waals surface area contributed by atoms with Gasteiger partial charge in [0.25, 0.3) is 0 Å². The summed E-state index contributed by atoms with van der Waals surface area (Å²) in [6.45, 7) is 1.89. The second-order valence-corrected chi connectivity index (χ2v) is 3.87. The van der Waals surface area contributed by atoms with Crippen molar-refractivity contribution >= 4 is 11.8 Å². The van der Waals surface area contributed by atoms with Crippen molar-refractivity contribution in [3.05, 3.63) is 23.0 Å². The van der Waals surface area contributed by atoms with Crippen molar-refractivity contribution in [2.45, 2.75) is 32.6 Å². The zero-order valence-corrected chi connectivity index (χ0v) is 8.71. The Hall–Kier alpha value is -1.58. The second kappa shape index (κ2) is 3.88. The third-order valence-corrected chi connectivity index (χ3v) is 2.67. The molecular formula is C11H14N2O2. The van der Waals surface area contributed by atoms with Crippen LogP contribution in [0.15, 0.2) is 6.07 Å². The molecule has 1 amide bonds. The lowest BCUT2D eigenvalue weighted by molar-refractivity contribution is 0.209. The lowest BCUT2D eigenvalue weighted by Gasteiger charge is -2.18. The summed E-state index contributed by atoms with van der Waals surface area (Å²) in [7, 11) is 0. The molecule has 1 aromatic rings. The Morgan fingerprint density at radius 1 is 1.47 bits per heavy atom. The van der Waals surface area contributed by atoms with Gasteiger partial charge in [-0.05, 0) is 44.2 Å². The molecule has 0 spiro atoms. The maximum Gasteiger partial charge on any atom is 0.409 e. The minimum Gasteiger partial charge on any atom is -0.465 e. The Balaban J connectivity index is 2.43. The number of fused-ring (bicyclic) bond motifs is 1. The topological polar surface area (TPSA) is 62.2 Å². The average molecular weight is 206 g/mol. The Morgan fingerprint density at radius 2 is 2.20 bits per heavy atom. The van der Waals surface area contributed by atoms with E-state index in [0.717, 1.165) is 42.6 Å². The van der Waals surface area contributed by atoms with Crippen LogP contribution >= 0.6 is 0 Å². The zero-order chi connectivity index (χ0) is 10.8. The van der Waals surface area contributed by atoms with Gasteiger partial charge in [0.1, 0.15) is 0 Å². The molecule has 80 valence electrons. The van der Waals surface area contributed by atoms with E-state index in [1.165, 1.54) is 0 Å². The number of carboxylic acid groups (broad SMARTS) is 1. The molecule has 4 heteroatoms. The molecule has 2 N–H and O–H groups in total. The molecule has 0 saturated heterocycles. The molecule has 1 heterocycles. The molecule has 2 rings (SSSR count). The SMILES string of the molecule is Cc1cc(NC(=O)O)c2c(n1)CCCC2. The van der Waals surface area contributed by atoms with Crippen molar-refractivity contribution in [1.29, 1.82) is 0 Å². The van der Waals surface area contributed by atoms with Crippen LogP contribution in [0.3, 0.4) is 0 Å². The number of aryl methyl sites for hydroxylation is 2. The predicted molar refractivity (Wildman–Crippen MR) is 57.3 cm³/mol. The third-order valence-electron chi connectivity index (χ3n) is 2.67. The highest BCUT2D eigenvalue weighted by molar-refractivity contribution is 5.84. The summed E-state index contributed by atoms with van der Waals surface area (Å²) in [5.74, 6) is 0. The first-order chi connectivity index (χ1) is 7.16. The van der Waals surface area contributed by atoms with Gasteiger partial charge >= 0.3 is 6.09 Å². The van der Waals surface area contributed by atoms with Crippen LogP contribution in [0, 0.1) is 6.92 Å². The molecule has 1 aliphatic rings. The molecule has 1 aromatic heterocycles. The minimum absolute atomic E-state index is 0.713. The van der Waals surface area contributed by atoms with Crippen molar-refractivity contribution < 1.29 is 9.90 Å². The van der Waals surface area contributed by atoms with Crippen LogP contribution in [-0.2, 0) is 12.8 Å². The van der Waals surface area contributed by atoms with Crippen molar-refractivity contribution in [2.75, 3.05) is 5.32 Å². The number of anilines is 1. The summed E-state index contributed by atoms with van der Waals surface area (Å²) in [5.41, 5.74) is 3.73. The number of amides is 1. The highest BCUT2D eigenvalue weighted by Gasteiger charge is 2.16. The second-order valence-electron chi connectivity index (χ2n) is 3.87. The summed E-state index contributed by atoms with van der Waals surface area (Å²) < 4.78 is 0. The fourth-order valence-electron chi connectivity index (χ4n) is 2.07. The lowest BCUT2D eigenvalue weighted by Crippen LogP contribution is -2.14. The number of aromatic nitrogens is 1. The molecule has 0 fully saturated rings. The summed E-state index contributed by atoms with van der Waals surface area (Å²) in [6.07, 6.45) is 3.15. The minimum atomic E-state index is -1.01. The Labute approximate surface area is 88.3 Å². The van der Waals surface area contributed by atoms with Gasteiger partial charge in [-0.2, -0.15) is 0 Å². The first kappa shape index (κ1) is 9.96. The van der Waals surface area contributed by atoms with Gasteiger partial charge in [0.2, 0.25) is 0 Å². The van der Waals surface area contributed by atoms with E-state index in [9.17, 15) is 4.79 Å². The number of carbonyl (C=O) groups is 1. The first-order valence-corrected chi connectivity index (χ1v) is 5.16. The number of nitrogens with one attached hydrogen (secondary N) is 1. The van der Waals surface area contributed by atoms with Crippen LogP contribution in [0.2, 0.25) is 0 Å². The summed E-state index contributed by atoms with van der Waals surface area (Å²) in [4.78, 5) is 15.1. The van der Waals surface area contributed by atoms with E-state index in [-0.39, 0.29) is 0 Å². The first-order valence-electron chi connectivity index (χ1n) is 5.16. The number of hydrogen-bond donors (Lipinski definition) is 2. The van der Waals surface area contributed by atoms with Crippen molar-refractivity contribution in [2.24, 2.45) is 0 Å². The lowest BCUT2D eigenvalue weighted by atomic mass is 9.94. The highest BCUT2D eigenvalue weighted by Crippen LogP contribution is 2.27. The normalized spacial score (nSPS) is 14.5. The molecule has 0 aliphatic heterocycles. The van der Waals surface area contributed by atoms with Crippen LogP contribution < -0.4 is 5.32 Å². The molecule has 0 unspecified atom stereocenters. The van der Waals surface area contributed by atoms with Crippen LogP contribution in [0.1, 0.15) is 29.8 Å². The fourth-order valence-corrected chi connectivity index (χ4v) is 2.07.